The molecule has 0 saturated carbocycles. The van der Waals surface area contributed by atoms with Crippen LogP contribution in [0.25, 0.3) is 0 Å². The molecule has 4 rings (SSSR count). The minimum Gasteiger partial charge on any atom is -0.497 e. The zero-order valence-corrected chi connectivity index (χ0v) is 16.0. The summed E-state index contributed by atoms with van der Waals surface area (Å²) in [7, 11) is 1.63. The lowest BCUT2D eigenvalue weighted by Crippen LogP contribution is -2.27. The van der Waals surface area contributed by atoms with E-state index >= 15 is 0 Å². The van der Waals surface area contributed by atoms with Crippen molar-refractivity contribution in [2.24, 2.45) is 5.10 Å². The number of nitrogens with zero attached hydrogens (tertiary/aromatic N) is 3. The van der Waals surface area contributed by atoms with Gasteiger partial charge in [0, 0.05) is 29.4 Å². The van der Waals surface area contributed by atoms with Gasteiger partial charge in [-0.15, -0.1) is 0 Å². The van der Waals surface area contributed by atoms with Gasteiger partial charge in [0.25, 0.3) is 5.91 Å². The predicted molar refractivity (Wildman–Crippen MR) is 109 cm³/mol. The molecule has 1 amide bonds. The van der Waals surface area contributed by atoms with Gasteiger partial charge in [-0.05, 0) is 59.7 Å². The van der Waals surface area contributed by atoms with Crippen LogP contribution < -0.4 is 4.74 Å². The van der Waals surface area contributed by atoms with Gasteiger partial charge >= 0.3 is 0 Å². The van der Waals surface area contributed by atoms with Gasteiger partial charge in [-0.1, -0.05) is 23.7 Å². The Morgan fingerprint density at radius 1 is 1.04 bits per heavy atom. The van der Waals surface area contributed by atoms with Gasteiger partial charge in [0.05, 0.1) is 18.9 Å². The second-order valence-corrected chi connectivity index (χ2v) is 6.87. The van der Waals surface area contributed by atoms with E-state index in [1.807, 2.05) is 48.5 Å². The third-order valence-corrected chi connectivity index (χ3v) is 4.98. The molecule has 0 radical (unpaired) electrons. The number of halogens is 1. The number of methoxy groups -OCH3 is 1. The summed E-state index contributed by atoms with van der Waals surface area (Å²) in [4.78, 5) is 17.1. The van der Waals surface area contributed by atoms with E-state index < -0.39 is 0 Å². The fourth-order valence-corrected chi connectivity index (χ4v) is 3.35. The molecule has 1 aliphatic rings. The van der Waals surface area contributed by atoms with E-state index in [0.29, 0.717) is 17.0 Å². The van der Waals surface area contributed by atoms with Crippen LogP contribution in [0.4, 0.5) is 0 Å². The number of pyridine rings is 1. The lowest BCUT2D eigenvalue weighted by atomic mass is 9.98. The summed E-state index contributed by atoms with van der Waals surface area (Å²) < 4.78 is 5.23. The highest BCUT2D eigenvalue weighted by atomic mass is 35.5. The molecule has 5 nitrogen and oxygen atoms in total. The molecular weight excluding hydrogens is 374 g/mol. The normalized spacial score (nSPS) is 16.0. The molecule has 1 atom stereocenters. The van der Waals surface area contributed by atoms with Crippen LogP contribution in [0.2, 0.25) is 5.02 Å². The number of hydrogen-bond donors (Lipinski definition) is 0. The summed E-state index contributed by atoms with van der Waals surface area (Å²) in [6.07, 6.45) is 3.83. The van der Waals surface area contributed by atoms with Crippen LogP contribution >= 0.6 is 11.6 Å². The van der Waals surface area contributed by atoms with Gasteiger partial charge in [-0.3, -0.25) is 9.78 Å². The molecule has 6 heteroatoms. The van der Waals surface area contributed by atoms with Crippen molar-refractivity contribution in [1.82, 2.24) is 9.99 Å². The standard InChI is InChI=1S/C22H18ClN3O2/c1-28-19-8-4-15(5-9-19)20-14-21(16-2-6-18(23)7-3-16)26(25-20)22(27)17-10-12-24-13-11-17/h2-13,21H,14H2,1H3. The van der Waals surface area contributed by atoms with E-state index in [2.05, 4.69) is 10.1 Å². The van der Waals surface area contributed by atoms with Gasteiger partial charge < -0.3 is 4.74 Å². The third-order valence-electron chi connectivity index (χ3n) is 4.72. The summed E-state index contributed by atoms with van der Waals surface area (Å²) in [5, 5.41) is 6.89. The van der Waals surface area contributed by atoms with Crippen LogP contribution in [-0.4, -0.2) is 28.7 Å². The Hall–Kier alpha value is -3.18. The molecule has 140 valence electrons. The minimum absolute atomic E-state index is 0.161. The number of aromatic nitrogens is 1. The highest BCUT2D eigenvalue weighted by molar-refractivity contribution is 6.30. The maximum absolute atomic E-state index is 13.1. The molecule has 28 heavy (non-hydrogen) atoms. The van der Waals surface area contributed by atoms with Crippen LogP contribution in [-0.2, 0) is 0 Å². The van der Waals surface area contributed by atoms with Crippen molar-refractivity contribution in [1.29, 1.82) is 0 Å². The number of carbonyl (C=O) groups excluding carboxylic acids is 1. The molecular formula is C22H18ClN3O2. The number of hydrazone groups is 1. The van der Waals surface area contributed by atoms with E-state index in [1.165, 1.54) is 0 Å². The second kappa shape index (κ2) is 7.82. The van der Waals surface area contributed by atoms with Crippen molar-refractivity contribution in [3.05, 3.63) is 94.8 Å². The van der Waals surface area contributed by atoms with Crippen LogP contribution in [0.1, 0.15) is 33.9 Å². The maximum atomic E-state index is 13.1. The molecule has 0 aliphatic carbocycles. The molecule has 2 heterocycles. The van der Waals surface area contributed by atoms with Crippen LogP contribution in [0.15, 0.2) is 78.2 Å². The summed E-state index contributed by atoms with van der Waals surface area (Å²) in [6.45, 7) is 0. The Bertz CT molecular complexity index is 1000. The fourth-order valence-electron chi connectivity index (χ4n) is 3.23. The second-order valence-electron chi connectivity index (χ2n) is 6.43. The highest BCUT2D eigenvalue weighted by Crippen LogP contribution is 2.34. The highest BCUT2D eigenvalue weighted by Gasteiger charge is 2.33. The van der Waals surface area contributed by atoms with E-state index in [4.69, 9.17) is 16.3 Å². The number of benzene rings is 2. The first-order chi connectivity index (χ1) is 13.7. The molecule has 3 aromatic rings. The Labute approximate surface area is 168 Å². The largest absolute Gasteiger partial charge is 0.497 e. The Morgan fingerprint density at radius 3 is 2.36 bits per heavy atom. The number of hydrogen-bond acceptors (Lipinski definition) is 4. The van der Waals surface area contributed by atoms with Gasteiger partial charge in [-0.25, -0.2) is 5.01 Å². The Kier molecular flexibility index (Phi) is 5.08. The third kappa shape index (κ3) is 3.62. The smallest absolute Gasteiger partial charge is 0.274 e. The monoisotopic (exact) mass is 391 g/mol. The topological polar surface area (TPSA) is 54.8 Å². The van der Waals surface area contributed by atoms with Crippen LogP contribution in [0, 0.1) is 0 Å². The predicted octanol–water partition coefficient (Wildman–Crippen LogP) is 4.74. The number of ether oxygens (including phenoxy) is 1. The van der Waals surface area contributed by atoms with Crippen molar-refractivity contribution >= 4 is 23.2 Å². The van der Waals surface area contributed by atoms with Gasteiger partial charge in [0.1, 0.15) is 5.75 Å². The molecule has 2 aromatic carbocycles. The van der Waals surface area contributed by atoms with E-state index in [1.54, 1.807) is 36.6 Å². The van der Waals surface area contributed by atoms with Crippen LogP contribution in [0.5, 0.6) is 5.75 Å². The zero-order valence-electron chi connectivity index (χ0n) is 15.2. The molecule has 1 aliphatic heterocycles. The van der Waals surface area contributed by atoms with Crippen molar-refractivity contribution in [2.75, 3.05) is 7.11 Å². The first kappa shape index (κ1) is 18.2. The van der Waals surface area contributed by atoms with Gasteiger partial charge in [0.15, 0.2) is 0 Å². The van der Waals surface area contributed by atoms with E-state index in [0.717, 1.165) is 22.6 Å². The number of rotatable bonds is 4. The molecule has 1 unspecified atom stereocenters. The Balaban J connectivity index is 1.71. The minimum atomic E-state index is -0.199. The zero-order chi connectivity index (χ0) is 19.5. The molecule has 0 spiro atoms. The van der Waals surface area contributed by atoms with Crippen molar-refractivity contribution in [3.63, 3.8) is 0 Å². The summed E-state index contributed by atoms with van der Waals surface area (Å²) in [5.41, 5.74) is 3.35. The molecule has 0 N–H and O–H groups in total. The average Bonchev–Trinajstić information content (AvgIpc) is 3.20. The lowest BCUT2D eigenvalue weighted by molar-refractivity contribution is 0.0711. The van der Waals surface area contributed by atoms with E-state index in [9.17, 15) is 4.79 Å². The lowest BCUT2D eigenvalue weighted by Gasteiger charge is -2.22. The molecule has 0 saturated heterocycles. The number of carbonyl (C=O) groups is 1. The molecule has 0 bridgehead atoms. The number of amides is 1. The van der Waals surface area contributed by atoms with Crippen molar-refractivity contribution in [3.8, 4) is 5.75 Å². The first-order valence-corrected chi connectivity index (χ1v) is 9.24. The van der Waals surface area contributed by atoms with Gasteiger partial charge in [-0.2, -0.15) is 5.10 Å². The average molecular weight is 392 g/mol. The SMILES string of the molecule is COc1ccc(C2=NN(C(=O)c3ccncc3)C(c3ccc(Cl)cc3)C2)cc1. The van der Waals surface area contributed by atoms with Gasteiger partial charge in [0.2, 0.25) is 0 Å². The maximum Gasteiger partial charge on any atom is 0.274 e. The molecule has 1 aromatic heterocycles. The Morgan fingerprint density at radius 2 is 1.71 bits per heavy atom. The quantitative estimate of drug-likeness (QED) is 0.645. The van der Waals surface area contributed by atoms with Crippen molar-refractivity contribution in [2.45, 2.75) is 12.5 Å². The van der Waals surface area contributed by atoms with Crippen molar-refractivity contribution < 1.29 is 9.53 Å². The molecule has 0 fully saturated rings. The summed E-state index contributed by atoms with van der Waals surface area (Å²) in [5.74, 6) is 0.618. The van der Waals surface area contributed by atoms with Crippen LogP contribution in [0.3, 0.4) is 0 Å². The summed E-state index contributed by atoms with van der Waals surface area (Å²) in [6, 6.07) is 18.4. The summed E-state index contributed by atoms with van der Waals surface area (Å²) >= 11 is 6.04. The first-order valence-electron chi connectivity index (χ1n) is 8.86. The van der Waals surface area contributed by atoms with E-state index in [-0.39, 0.29) is 11.9 Å². The fraction of sp³-hybridized carbons (Fsp3) is 0.136.